The van der Waals surface area contributed by atoms with Crippen LogP contribution in [0.5, 0.6) is 0 Å². The van der Waals surface area contributed by atoms with E-state index in [1.807, 2.05) is 28.5 Å². The number of thiophene rings is 1. The molecule has 0 saturated carbocycles. The molecule has 25 heavy (non-hydrogen) atoms. The minimum atomic E-state index is 0.165. The van der Waals surface area contributed by atoms with Gasteiger partial charge in [0.15, 0.2) is 0 Å². The number of likely N-dealkylation sites (tertiary alicyclic amines) is 1. The molecule has 5 heteroatoms. The van der Waals surface area contributed by atoms with Crippen molar-refractivity contribution in [2.75, 3.05) is 13.1 Å². The lowest BCUT2D eigenvalue weighted by Crippen LogP contribution is -2.39. The molecule has 1 amide bonds. The number of carbonyl (C=O) groups excluding carboxylic acids is 1. The van der Waals surface area contributed by atoms with E-state index in [0.29, 0.717) is 5.92 Å². The van der Waals surface area contributed by atoms with Gasteiger partial charge in [-0.05, 0) is 42.8 Å². The van der Waals surface area contributed by atoms with E-state index in [1.54, 1.807) is 0 Å². The zero-order valence-corrected chi connectivity index (χ0v) is 15.3. The first-order valence-corrected chi connectivity index (χ1v) is 9.94. The van der Waals surface area contributed by atoms with E-state index in [4.69, 9.17) is 4.98 Å². The second kappa shape index (κ2) is 7.00. The number of amides is 1. The summed E-state index contributed by atoms with van der Waals surface area (Å²) in [5, 5.41) is 1.97. The smallest absolute Gasteiger partial charge is 0.263 e. The Balaban J connectivity index is 1.64. The summed E-state index contributed by atoms with van der Waals surface area (Å²) in [5.41, 5.74) is 2.27. The van der Waals surface area contributed by atoms with Gasteiger partial charge in [0.1, 0.15) is 5.82 Å². The minimum absolute atomic E-state index is 0.165. The lowest BCUT2D eigenvalue weighted by molar-refractivity contribution is 0.0708. The van der Waals surface area contributed by atoms with Crippen molar-refractivity contribution in [3.05, 3.63) is 52.5 Å². The van der Waals surface area contributed by atoms with Crippen LogP contribution in [0.4, 0.5) is 0 Å². The Morgan fingerprint density at radius 2 is 2.16 bits per heavy atom. The summed E-state index contributed by atoms with van der Waals surface area (Å²) in [5.74, 6) is 1.63. The van der Waals surface area contributed by atoms with Crippen LogP contribution in [0.3, 0.4) is 0 Å². The van der Waals surface area contributed by atoms with Crippen LogP contribution in [-0.2, 0) is 6.54 Å². The van der Waals surface area contributed by atoms with Gasteiger partial charge in [-0.3, -0.25) is 4.79 Å². The Morgan fingerprint density at radius 3 is 2.96 bits per heavy atom. The van der Waals surface area contributed by atoms with E-state index in [-0.39, 0.29) is 5.91 Å². The highest BCUT2D eigenvalue weighted by Gasteiger charge is 2.29. The monoisotopic (exact) mass is 353 g/mol. The number of fused-ring (bicyclic) bond motifs is 1. The van der Waals surface area contributed by atoms with Crippen molar-refractivity contribution in [1.82, 2.24) is 14.5 Å². The lowest BCUT2D eigenvalue weighted by atomic mass is 9.97. The van der Waals surface area contributed by atoms with Crippen molar-refractivity contribution in [3.8, 4) is 0 Å². The standard InChI is InChI=1S/C20H23N3OS/c1-2-11-23-17-9-4-3-8-16(17)21-19(23)15-7-5-12-22(14-15)20(24)18-10-6-13-25-18/h3-4,6,8-10,13,15H,2,5,7,11-12,14H2,1H3. The van der Waals surface area contributed by atoms with Crippen LogP contribution >= 0.6 is 11.3 Å². The fourth-order valence-electron chi connectivity index (χ4n) is 3.79. The highest BCUT2D eigenvalue weighted by Crippen LogP contribution is 2.30. The molecule has 4 rings (SSSR count). The van der Waals surface area contributed by atoms with Gasteiger partial charge in [-0.25, -0.2) is 4.98 Å². The van der Waals surface area contributed by atoms with Crippen LogP contribution in [-0.4, -0.2) is 33.4 Å². The van der Waals surface area contributed by atoms with Crippen molar-refractivity contribution in [3.63, 3.8) is 0 Å². The SMILES string of the molecule is CCCn1c(C2CCCN(C(=O)c3cccs3)C2)nc2ccccc21. The summed E-state index contributed by atoms with van der Waals surface area (Å²) in [6.45, 7) is 4.79. The van der Waals surface area contributed by atoms with Gasteiger partial charge in [-0.1, -0.05) is 25.1 Å². The number of hydrogen-bond donors (Lipinski definition) is 0. The predicted molar refractivity (Wildman–Crippen MR) is 102 cm³/mol. The number of rotatable bonds is 4. The van der Waals surface area contributed by atoms with Crippen LogP contribution in [0.25, 0.3) is 11.0 Å². The molecule has 0 bridgehead atoms. The number of aryl methyl sites for hydroxylation is 1. The van der Waals surface area contributed by atoms with Crippen molar-refractivity contribution < 1.29 is 4.79 Å². The first kappa shape index (κ1) is 16.3. The number of benzene rings is 1. The number of nitrogens with zero attached hydrogens (tertiary/aromatic N) is 3. The summed E-state index contributed by atoms with van der Waals surface area (Å²) in [6, 6.07) is 12.2. The minimum Gasteiger partial charge on any atom is -0.337 e. The molecule has 1 fully saturated rings. The van der Waals surface area contributed by atoms with Crippen LogP contribution < -0.4 is 0 Å². The zero-order valence-electron chi connectivity index (χ0n) is 14.5. The summed E-state index contributed by atoms with van der Waals surface area (Å²) in [6.07, 6.45) is 3.22. The first-order valence-electron chi connectivity index (χ1n) is 9.06. The molecule has 1 aliphatic rings. The molecule has 2 aromatic heterocycles. The largest absolute Gasteiger partial charge is 0.337 e. The van der Waals surface area contributed by atoms with Crippen LogP contribution in [0.15, 0.2) is 41.8 Å². The number of imidazole rings is 1. The van der Waals surface area contributed by atoms with Gasteiger partial charge in [0.05, 0.1) is 15.9 Å². The van der Waals surface area contributed by atoms with E-state index in [1.165, 1.54) is 16.9 Å². The normalized spacial score (nSPS) is 18.0. The molecule has 1 atom stereocenters. The molecule has 1 unspecified atom stereocenters. The molecule has 0 radical (unpaired) electrons. The molecule has 4 nitrogen and oxygen atoms in total. The van der Waals surface area contributed by atoms with Gasteiger partial charge in [0.2, 0.25) is 0 Å². The molecular weight excluding hydrogens is 330 g/mol. The molecule has 1 aromatic carbocycles. The number of aromatic nitrogens is 2. The molecule has 3 heterocycles. The molecular formula is C20H23N3OS. The second-order valence-corrected chi connectivity index (χ2v) is 7.63. The second-order valence-electron chi connectivity index (χ2n) is 6.68. The van der Waals surface area contributed by atoms with Crippen molar-refractivity contribution in [1.29, 1.82) is 0 Å². The first-order chi connectivity index (χ1) is 12.3. The quantitative estimate of drug-likeness (QED) is 0.691. The maximum absolute atomic E-state index is 12.7. The van der Waals surface area contributed by atoms with Crippen molar-refractivity contribution in [2.24, 2.45) is 0 Å². The maximum atomic E-state index is 12.7. The Kier molecular flexibility index (Phi) is 4.57. The Hall–Kier alpha value is -2.14. The fraction of sp³-hybridized carbons (Fsp3) is 0.400. The molecule has 0 aliphatic carbocycles. The molecule has 0 N–H and O–H groups in total. The average molecular weight is 353 g/mol. The molecule has 1 aliphatic heterocycles. The Labute approximate surface area is 152 Å². The van der Waals surface area contributed by atoms with Gasteiger partial charge in [0, 0.05) is 25.6 Å². The van der Waals surface area contributed by atoms with E-state index in [2.05, 4.69) is 29.7 Å². The van der Waals surface area contributed by atoms with Crippen LogP contribution in [0.1, 0.15) is 47.6 Å². The van der Waals surface area contributed by atoms with Crippen molar-refractivity contribution >= 4 is 28.3 Å². The number of piperidine rings is 1. The number of carbonyl (C=O) groups is 1. The number of para-hydroxylation sites is 2. The summed E-state index contributed by atoms with van der Waals surface area (Å²) in [7, 11) is 0. The summed E-state index contributed by atoms with van der Waals surface area (Å²) >= 11 is 1.52. The highest BCUT2D eigenvalue weighted by molar-refractivity contribution is 7.12. The van der Waals surface area contributed by atoms with Gasteiger partial charge in [-0.15, -0.1) is 11.3 Å². The zero-order chi connectivity index (χ0) is 17.2. The van der Waals surface area contributed by atoms with Crippen LogP contribution in [0, 0.1) is 0 Å². The van der Waals surface area contributed by atoms with Gasteiger partial charge in [-0.2, -0.15) is 0 Å². The molecule has 0 spiro atoms. The average Bonchev–Trinajstić information content (AvgIpc) is 3.30. The fourth-order valence-corrected chi connectivity index (χ4v) is 4.48. The van der Waals surface area contributed by atoms with Crippen LogP contribution in [0.2, 0.25) is 0 Å². The molecule has 1 saturated heterocycles. The summed E-state index contributed by atoms with van der Waals surface area (Å²) in [4.78, 5) is 20.5. The number of hydrogen-bond acceptors (Lipinski definition) is 3. The molecule has 3 aromatic rings. The van der Waals surface area contributed by atoms with E-state index in [0.717, 1.165) is 55.1 Å². The third-order valence-corrected chi connectivity index (χ3v) is 5.79. The highest BCUT2D eigenvalue weighted by atomic mass is 32.1. The third kappa shape index (κ3) is 3.09. The third-order valence-electron chi connectivity index (χ3n) is 4.94. The van der Waals surface area contributed by atoms with E-state index >= 15 is 0 Å². The lowest BCUT2D eigenvalue weighted by Gasteiger charge is -2.32. The van der Waals surface area contributed by atoms with Gasteiger partial charge < -0.3 is 9.47 Å². The topological polar surface area (TPSA) is 38.1 Å². The van der Waals surface area contributed by atoms with E-state index in [9.17, 15) is 4.79 Å². The molecule has 130 valence electrons. The van der Waals surface area contributed by atoms with Gasteiger partial charge in [0.25, 0.3) is 5.91 Å². The predicted octanol–water partition coefficient (Wildman–Crippen LogP) is 4.53. The van der Waals surface area contributed by atoms with Crippen molar-refractivity contribution in [2.45, 2.75) is 38.6 Å². The van der Waals surface area contributed by atoms with E-state index < -0.39 is 0 Å². The van der Waals surface area contributed by atoms with Gasteiger partial charge >= 0.3 is 0 Å². The summed E-state index contributed by atoms with van der Waals surface area (Å²) < 4.78 is 2.36. The Bertz CT molecular complexity index is 868. The maximum Gasteiger partial charge on any atom is 0.263 e. The Morgan fingerprint density at radius 1 is 1.28 bits per heavy atom.